The maximum absolute atomic E-state index is 12.3. The highest BCUT2D eigenvalue weighted by molar-refractivity contribution is 5.99. The van der Waals surface area contributed by atoms with Gasteiger partial charge in [-0.1, -0.05) is 32.1 Å². The Labute approximate surface area is 162 Å². The molecule has 1 aromatic rings. The zero-order chi connectivity index (χ0) is 20.6. The fourth-order valence-electron chi connectivity index (χ4n) is 3.23. The molecule has 2 rings (SSSR count). The summed E-state index contributed by atoms with van der Waals surface area (Å²) in [4.78, 5) is 23.3. The molecule has 4 N–H and O–H groups in total. The number of carbonyl (C=O) groups excluding carboxylic acids is 2. The predicted octanol–water partition coefficient (Wildman–Crippen LogP) is 3.39. The van der Waals surface area contributed by atoms with Crippen LogP contribution in [0.4, 0.5) is 18.9 Å². The molecule has 2 amide bonds. The first-order valence-electron chi connectivity index (χ1n) is 9.29. The number of rotatable bonds is 9. The van der Waals surface area contributed by atoms with E-state index in [0.717, 1.165) is 31.4 Å². The minimum Gasteiger partial charge on any atom is -0.406 e. The van der Waals surface area contributed by atoms with Gasteiger partial charge in [0.05, 0.1) is 5.56 Å². The number of benzene rings is 1. The summed E-state index contributed by atoms with van der Waals surface area (Å²) in [5.41, 5.74) is 5.36. The molecule has 0 unspecified atom stereocenters. The predicted molar refractivity (Wildman–Crippen MR) is 98.6 cm³/mol. The van der Waals surface area contributed by atoms with Crippen LogP contribution in [0.3, 0.4) is 0 Å². The van der Waals surface area contributed by atoms with Crippen molar-refractivity contribution in [2.24, 2.45) is 11.7 Å². The minimum absolute atomic E-state index is 0.128. The average molecular weight is 400 g/mol. The Morgan fingerprint density at radius 2 is 1.89 bits per heavy atom. The molecule has 0 aliphatic heterocycles. The van der Waals surface area contributed by atoms with Gasteiger partial charge in [0, 0.05) is 25.2 Å². The summed E-state index contributed by atoms with van der Waals surface area (Å²) in [5.74, 6) is -0.998. The van der Waals surface area contributed by atoms with Gasteiger partial charge in [-0.2, -0.15) is 0 Å². The van der Waals surface area contributed by atoms with E-state index in [4.69, 9.17) is 5.73 Å². The molecule has 0 spiro atoms. The second-order valence-corrected chi connectivity index (χ2v) is 6.78. The molecule has 1 radical (unpaired) electrons. The number of nitrogens with two attached hydrogens (primary N) is 1. The van der Waals surface area contributed by atoms with Crippen molar-refractivity contribution in [2.75, 3.05) is 18.4 Å². The van der Waals surface area contributed by atoms with Crippen LogP contribution < -0.4 is 21.1 Å². The number of primary amides is 1. The van der Waals surface area contributed by atoms with Crippen LogP contribution in [0.2, 0.25) is 0 Å². The summed E-state index contributed by atoms with van der Waals surface area (Å²) >= 11 is 0. The molecule has 0 heterocycles. The lowest BCUT2D eigenvalue weighted by Gasteiger charge is -2.20. The van der Waals surface area contributed by atoms with E-state index >= 15 is 0 Å². The van der Waals surface area contributed by atoms with E-state index in [9.17, 15) is 22.8 Å². The Morgan fingerprint density at radius 1 is 1.18 bits per heavy atom. The Balaban J connectivity index is 1.76. The van der Waals surface area contributed by atoms with Crippen molar-refractivity contribution in [3.63, 3.8) is 0 Å². The summed E-state index contributed by atoms with van der Waals surface area (Å²) in [5, 5.41) is 5.62. The first-order valence-corrected chi connectivity index (χ1v) is 9.29. The van der Waals surface area contributed by atoms with Crippen LogP contribution in [0.25, 0.3) is 0 Å². The Bertz CT molecular complexity index is 674. The molecule has 6 nitrogen and oxygen atoms in total. The van der Waals surface area contributed by atoms with Gasteiger partial charge in [0.2, 0.25) is 5.91 Å². The van der Waals surface area contributed by atoms with Crippen LogP contribution in [-0.4, -0.2) is 31.3 Å². The number of hydrogen-bond acceptors (Lipinski definition) is 4. The van der Waals surface area contributed by atoms with E-state index in [1.165, 1.54) is 25.3 Å². The second-order valence-electron chi connectivity index (χ2n) is 6.78. The maximum atomic E-state index is 12.3. The zero-order valence-electron chi connectivity index (χ0n) is 15.5. The van der Waals surface area contributed by atoms with Crippen LogP contribution >= 0.6 is 0 Å². The van der Waals surface area contributed by atoms with E-state index in [2.05, 4.69) is 15.4 Å². The number of ether oxygens (including phenoxy) is 1. The number of alkyl halides is 3. The molecule has 0 bridgehead atoms. The number of anilines is 1. The topological polar surface area (TPSA) is 93.5 Å². The van der Waals surface area contributed by atoms with Crippen molar-refractivity contribution in [1.82, 2.24) is 5.32 Å². The molecule has 1 aromatic carbocycles. The molecule has 0 aromatic heterocycles. The van der Waals surface area contributed by atoms with Gasteiger partial charge in [-0.25, -0.2) is 0 Å². The van der Waals surface area contributed by atoms with Gasteiger partial charge in [0.1, 0.15) is 5.75 Å². The van der Waals surface area contributed by atoms with Crippen LogP contribution in [0.5, 0.6) is 5.75 Å². The first kappa shape index (κ1) is 21.8. The molecule has 1 fully saturated rings. The SMILES string of the molecule is NC(=O)c1cc(OC(F)(F)F)ccc1NCCNC(=O)[CH]CC1CCCCC1. The van der Waals surface area contributed by atoms with Crippen molar-refractivity contribution in [3.05, 3.63) is 30.2 Å². The zero-order valence-corrected chi connectivity index (χ0v) is 15.5. The van der Waals surface area contributed by atoms with Crippen molar-refractivity contribution in [1.29, 1.82) is 0 Å². The summed E-state index contributed by atoms with van der Waals surface area (Å²) in [6.07, 6.45) is 3.61. The van der Waals surface area contributed by atoms with Gasteiger partial charge >= 0.3 is 6.36 Å². The Morgan fingerprint density at radius 3 is 2.54 bits per heavy atom. The highest BCUT2D eigenvalue weighted by Gasteiger charge is 2.31. The lowest BCUT2D eigenvalue weighted by Crippen LogP contribution is -2.30. The third-order valence-electron chi connectivity index (χ3n) is 4.59. The van der Waals surface area contributed by atoms with Crippen LogP contribution in [0, 0.1) is 12.3 Å². The molecule has 1 saturated carbocycles. The quantitative estimate of drug-likeness (QED) is 0.554. The molecule has 9 heteroatoms. The van der Waals surface area contributed by atoms with Crippen molar-refractivity contribution in [2.45, 2.75) is 44.9 Å². The van der Waals surface area contributed by atoms with Gasteiger partial charge in [-0.05, 0) is 30.5 Å². The number of carbonyl (C=O) groups is 2. The fraction of sp³-hybridized carbons (Fsp3) is 0.526. The standard InChI is InChI=1S/C19H25F3N3O3/c20-19(21,22)28-14-7-8-16(15(12-14)18(23)27)24-10-11-25-17(26)9-6-13-4-2-1-3-5-13/h7-9,12-13,24H,1-6,10-11H2,(H2,23,27)(H,25,26). The van der Waals surface area contributed by atoms with E-state index in [-0.39, 0.29) is 23.7 Å². The normalized spacial score (nSPS) is 15.1. The monoisotopic (exact) mass is 400 g/mol. The van der Waals surface area contributed by atoms with Crippen molar-refractivity contribution in [3.8, 4) is 5.75 Å². The summed E-state index contributed by atoms with van der Waals surface area (Å²) in [6.45, 7) is 0.571. The molecule has 28 heavy (non-hydrogen) atoms. The number of amides is 2. The van der Waals surface area contributed by atoms with E-state index < -0.39 is 18.0 Å². The van der Waals surface area contributed by atoms with Gasteiger partial charge in [0.25, 0.3) is 5.91 Å². The fourth-order valence-corrected chi connectivity index (χ4v) is 3.23. The molecule has 155 valence electrons. The minimum atomic E-state index is -4.86. The van der Waals surface area contributed by atoms with Gasteiger partial charge < -0.3 is 21.1 Å². The number of nitrogens with one attached hydrogen (secondary N) is 2. The summed E-state index contributed by atoms with van der Waals surface area (Å²) in [7, 11) is 0. The van der Waals surface area contributed by atoms with Gasteiger partial charge in [-0.15, -0.1) is 13.2 Å². The van der Waals surface area contributed by atoms with E-state index in [1.807, 2.05) is 0 Å². The largest absolute Gasteiger partial charge is 0.573 e. The van der Waals surface area contributed by atoms with Gasteiger partial charge in [-0.3, -0.25) is 9.59 Å². The molecule has 0 saturated heterocycles. The summed E-state index contributed by atoms with van der Waals surface area (Å²) in [6, 6.07) is 3.28. The summed E-state index contributed by atoms with van der Waals surface area (Å²) < 4.78 is 40.6. The van der Waals surface area contributed by atoms with Gasteiger partial charge in [0.15, 0.2) is 0 Å². The number of hydrogen-bond donors (Lipinski definition) is 3. The molecule has 0 atom stereocenters. The average Bonchev–Trinajstić information content (AvgIpc) is 2.64. The molecule has 1 aliphatic carbocycles. The Kier molecular flexibility index (Phi) is 7.95. The van der Waals surface area contributed by atoms with E-state index in [1.54, 1.807) is 6.42 Å². The van der Waals surface area contributed by atoms with Crippen LogP contribution in [0.1, 0.15) is 48.9 Å². The number of halogens is 3. The van der Waals surface area contributed by atoms with Crippen LogP contribution in [0.15, 0.2) is 18.2 Å². The second kappa shape index (κ2) is 10.2. The highest BCUT2D eigenvalue weighted by atomic mass is 19.4. The van der Waals surface area contributed by atoms with Crippen molar-refractivity contribution < 1.29 is 27.5 Å². The molecule has 1 aliphatic rings. The van der Waals surface area contributed by atoms with E-state index in [0.29, 0.717) is 12.5 Å². The maximum Gasteiger partial charge on any atom is 0.573 e. The third-order valence-corrected chi connectivity index (χ3v) is 4.59. The Hall–Kier alpha value is -2.45. The van der Waals surface area contributed by atoms with Crippen LogP contribution in [-0.2, 0) is 4.79 Å². The first-order chi connectivity index (χ1) is 13.2. The molecular weight excluding hydrogens is 375 g/mol. The highest BCUT2D eigenvalue weighted by Crippen LogP contribution is 2.28. The van der Waals surface area contributed by atoms with Crippen molar-refractivity contribution >= 4 is 17.5 Å². The lowest BCUT2D eigenvalue weighted by molar-refractivity contribution is -0.274. The smallest absolute Gasteiger partial charge is 0.406 e. The lowest BCUT2D eigenvalue weighted by atomic mass is 9.86. The molecular formula is C19H25F3N3O3. The third kappa shape index (κ3) is 7.66.